The Kier molecular flexibility index (Phi) is 14.6. The minimum Gasteiger partial charge on any atom is -0.381 e. The number of rotatable bonds is 11. The molecule has 3 amide bonds. The van der Waals surface area contributed by atoms with E-state index in [9.17, 15) is 23.5 Å². The number of nitrogens with one attached hydrogen (secondary N) is 2. The van der Waals surface area contributed by atoms with E-state index in [-0.39, 0.29) is 19.6 Å². The normalized spacial score (nSPS) is 26.2. The van der Waals surface area contributed by atoms with Crippen molar-refractivity contribution in [3.63, 3.8) is 0 Å². The van der Waals surface area contributed by atoms with Gasteiger partial charge in [0.2, 0.25) is 18.2 Å². The van der Waals surface area contributed by atoms with Crippen LogP contribution in [-0.2, 0) is 32.9 Å². The number of carbonyl (C=O) groups is 3. The highest BCUT2D eigenvalue weighted by molar-refractivity contribution is 7.56. The Bertz CT molecular complexity index is 791. The standard InChI is InChI=1S/C15H23FN3O6P.C6H12O.C4H10/c1-3-11-8-15(11,26(23,25-16)24-4-2)18-14(22)12-6-5-7-19(12)13(21)9-17-10-20;1-7-6-4-2-3-5-6;1-4(2)3/h3,10-12H,1,4-9H2,2H3,(H,17,20)(H,18,22);6H,2-5H2,1H3;4H,1-3H3. The molecule has 0 aromatic carbocycles. The maximum Gasteiger partial charge on any atom is 0.388 e. The van der Waals surface area contributed by atoms with Gasteiger partial charge in [-0.25, -0.2) is 0 Å². The van der Waals surface area contributed by atoms with Crippen molar-refractivity contribution in [3.8, 4) is 0 Å². The van der Waals surface area contributed by atoms with Crippen LogP contribution in [0.2, 0.25) is 0 Å². The van der Waals surface area contributed by atoms with Crippen molar-refractivity contribution in [2.45, 2.75) is 90.1 Å². The van der Waals surface area contributed by atoms with Gasteiger partial charge >= 0.3 is 7.60 Å². The molecule has 3 aliphatic rings. The summed E-state index contributed by atoms with van der Waals surface area (Å²) in [4.78, 5) is 36.5. The minimum atomic E-state index is -4.25. The molecular weight excluding hydrogens is 504 g/mol. The lowest BCUT2D eigenvalue weighted by Crippen LogP contribution is -2.51. The summed E-state index contributed by atoms with van der Waals surface area (Å²) in [5.74, 6) is -0.611. The zero-order chi connectivity index (χ0) is 28.1. The summed E-state index contributed by atoms with van der Waals surface area (Å²) in [6, 6.07) is -0.798. The van der Waals surface area contributed by atoms with Crippen LogP contribution in [0.4, 0.5) is 4.53 Å². The molecule has 4 atom stereocenters. The number of hydrogen-bond acceptors (Lipinski definition) is 7. The van der Waals surface area contributed by atoms with Crippen molar-refractivity contribution >= 4 is 25.8 Å². The summed E-state index contributed by atoms with van der Waals surface area (Å²) in [6.45, 7) is 11.7. The van der Waals surface area contributed by atoms with Crippen LogP contribution in [0.25, 0.3) is 0 Å². The molecular formula is C25H45FN3O7P. The monoisotopic (exact) mass is 549 g/mol. The first-order chi connectivity index (χ1) is 17.5. The quantitative estimate of drug-likeness (QED) is 0.226. The summed E-state index contributed by atoms with van der Waals surface area (Å²) < 4.78 is 39.6. The van der Waals surface area contributed by atoms with E-state index in [1.165, 1.54) is 43.6 Å². The third-order valence-corrected chi connectivity index (χ3v) is 8.72. The Hall–Kier alpha value is -1.81. The summed E-state index contributed by atoms with van der Waals surface area (Å²) >= 11 is 0. The predicted molar refractivity (Wildman–Crippen MR) is 139 cm³/mol. The van der Waals surface area contributed by atoms with Gasteiger partial charge in [-0.2, -0.15) is 0 Å². The first-order valence-electron chi connectivity index (χ1n) is 13.0. The van der Waals surface area contributed by atoms with Gasteiger partial charge in [0.25, 0.3) is 0 Å². The van der Waals surface area contributed by atoms with Crippen molar-refractivity contribution in [3.05, 3.63) is 12.7 Å². The van der Waals surface area contributed by atoms with Gasteiger partial charge in [0.05, 0.1) is 19.3 Å². The first-order valence-corrected chi connectivity index (χ1v) is 14.6. The molecule has 214 valence electrons. The molecule has 37 heavy (non-hydrogen) atoms. The molecule has 3 fully saturated rings. The molecule has 0 aromatic rings. The van der Waals surface area contributed by atoms with Crippen LogP contribution in [0.5, 0.6) is 0 Å². The van der Waals surface area contributed by atoms with Crippen LogP contribution >= 0.6 is 7.60 Å². The van der Waals surface area contributed by atoms with Gasteiger partial charge in [-0.1, -0.05) is 39.7 Å². The zero-order valence-electron chi connectivity index (χ0n) is 22.9. The van der Waals surface area contributed by atoms with E-state index in [0.717, 1.165) is 5.92 Å². The maximum atomic E-state index is 13.1. The molecule has 1 aliphatic heterocycles. The average molecular weight is 550 g/mol. The Balaban J connectivity index is 0.000000514. The second-order valence-corrected chi connectivity index (χ2v) is 12.3. The largest absolute Gasteiger partial charge is 0.388 e. The first kappa shape index (κ1) is 33.2. The van der Waals surface area contributed by atoms with Crippen LogP contribution < -0.4 is 10.6 Å². The highest BCUT2D eigenvalue weighted by Gasteiger charge is 2.69. The number of amides is 3. The third kappa shape index (κ3) is 9.46. The minimum absolute atomic E-state index is 0.0614. The Morgan fingerprint density at radius 3 is 2.27 bits per heavy atom. The molecule has 1 saturated heterocycles. The lowest BCUT2D eigenvalue weighted by Gasteiger charge is -2.29. The number of carbonyl (C=O) groups excluding carboxylic acids is 3. The fourth-order valence-electron chi connectivity index (χ4n) is 4.44. The van der Waals surface area contributed by atoms with E-state index in [0.29, 0.717) is 31.9 Å². The maximum absolute atomic E-state index is 13.1. The lowest BCUT2D eigenvalue weighted by molar-refractivity contribution is -0.138. The molecule has 10 nitrogen and oxygen atoms in total. The number of nitrogens with zero attached hydrogens (tertiary/aromatic N) is 1. The average Bonchev–Trinajstić information content (AvgIpc) is 3.24. The Morgan fingerprint density at radius 2 is 1.84 bits per heavy atom. The third-order valence-electron chi connectivity index (χ3n) is 6.34. The molecule has 2 saturated carbocycles. The fourth-order valence-corrected chi connectivity index (χ4v) is 6.35. The highest BCUT2D eigenvalue weighted by Crippen LogP contribution is 2.73. The van der Waals surface area contributed by atoms with E-state index in [4.69, 9.17) is 9.26 Å². The van der Waals surface area contributed by atoms with E-state index < -0.39 is 36.6 Å². The molecule has 0 bridgehead atoms. The SMILES string of the molecule is C=CC1CC1(NC(=O)C1CCCN1C(=O)CNC=O)P(=O)(OF)OCC.CC(C)C.COC1CCCC1. The van der Waals surface area contributed by atoms with Crippen LogP contribution in [0.3, 0.4) is 0 Å². The number of halogens is 1. The van der Waals surface area contributed by atoms with Crippen molar-refractivity contribution in [1.82, 2.24) is 15.5 Å². The smallest absolute Gasteiger partial charge is 0.381 e. The van der Waals surface area contributed by atoms with Gasteiger partial charge in [0.1, 0.15) is 6.04 Å². The fraction of sp³-hybridized carbons (Fsp3) is 0.800. The van der Waals surface area contributed by atoms with Gasteiger partial charge in [0.15, 0.2) is 5.28 Å². The summed E-state index contributed by atoms with van der Waals surface area (Å²) in [5.41, 5.74) is 0. The van der Waals surface area contributed by atoms with Crippen LogP contribution in [0, 0.1) is 11.8 Å². The van der Waals surface area contributed by atoms with Crippen molar-refractivity contribution in [2.75, 3.05) is 26.8 Å². The van der Waals surface area contributed by atoms with E-state index >= 15 is 0 Å². The van der Waals surface area contributed by atoms with Gasteiger partial charge in [-0.05, 0) is 49.5 Å². The van der Waals surface area contributed by atoms with Crippen LogP contribution in [-0.4, -0.2) is 67.4 Å². The number of likely N-dealkylation sites (tertiary alicyclic amines) is 1. The Labute approximate surface area is 220 Å². The molecule has 3 rings (SSSR count). The topological polar surface area (TPSA) is 123 Å². The Morgan fingerprint density at radius 1 is 1.22 bits per heavy atom. The molecule has 0 aromatic heterocycles. The molecule has 2 N–H and O–H groups in total. The van der Waals surface area contributed by atoms with Crippen molar-refractivity contribution < 1.29 is 37.5 Å². The summed E-state index contributed by atoms with van der Waals surface area (Å²) in [6.07, 6.45) is 8.94. The lowest BCUT2D eigenvalue weighted by atomic mass is 10.2. The van der Waals surface area contributed by atoms with Crippen molar-refractivity contribution in [1.29, 1.82) is 0 Å². The zero-order valence-corrected chi connectivity index (χ0v) is 23.8. The highest BCUT2D eigenvalue weighted by atomic mass is 31.2. The van der Waals surface area contributed by atoms with Gasteiger partial charge < -0.3 is 24.8 Å². The summed E-state index contributed by atoms with van der Waals surface area (Å²) in [5, 5.41) is 3.32. The van der Waals surface area contributed by atoms with E-state index in [1.54, 1.807) is 7.11 Å². The van der Waals surface area contributed by atoms with Gasteiger partial charge in [-0.3, -0.25) is 18.9 Å². The van der Waals surface area contributed by atoms with Crippen LogP contribution in [0.15, 0.2) is 12.7 Å². The number of hydrogen-bond donors (Lipinski definition) is 2. The molecule has 2 aliphatic carbocycles. The molecule has 12 heteroatoms. The molecule has 0 radical (unpaired) electrons. The number of ether oxygens (including phenoxy) is 1. The van der Waals surface area contributed by atoms with Crippen molar-refractivity contribution in [2.24, 2.45) is 11.8 Å². The molecule has 4 unspecified atom stereocenters. The molecule has 1 heterocycles. The van der Waals surface area contributed by atoms with Crippen LogP contribution in [0.1, 0.15) is 72.6 Å². The second kappa shape index (κ2) is 16.2. The van der Waals surface area contributed by atoms with E-state index in [1.807, 2.05) is 0 Å². The molecule has 0 spiro atoms. The summed E-state index contributed by atoms with van der Waals surface area (Å²) in [7, 11) is -2.45. The van der Waals surface area contributed by atoms with Gasteiger partial charge in [0, 0.05) is 19.6 Å². The number of methoxy groups -OCH3 is 1. The van der Waals surface area contributed by atoms with Gasteiger partial charge in [-0.15, -0.1) is 11.3 Å². The second-order valence-electron chi connectivity index (χ2n) is 10.1. The predicted octanol–water partition coefficient (Wildman–Crippen LogP) is 4.11. The van der Waals surface area contributed by atoms with E-state index in [2.05, 4.69) is 42.7 Å².